The summed E-state index contributed by atoms with van der Waals surface area (Å²) >= 11 is 1.74. The van der Waals surface area contributed by atoms with Crippen LogP contribution < -0.4 is 10.6 Å². The number of thioether (sulfide) groups is 1. The van der Waals surface area contributed by atoms with Crippen LogP contribution in [0.25, 0.3) is 0 Å². The summed E-state index contributed by atoms with van der Waals surface area (Å²) in [7, 11) is 1.60. The first-order valence-electron chi connectivity index (χ1n) is 6.11. The molecule has 0 aromatic heterocycles. The molecule has 19 heavy (non-hydrogen) atoms. The Morgan fingerprint density at radius 1 is 1.47 bits per heavy atom. The lowest BCUT2D eigenvalue weighted by Crippen LogP contribution is -2.38. The van der Waals surface area contributed by atoms with E-state index >= 15 is 0 Å². The fourth-order valence-electron chi connectivity index (χ4n) is 1.87. The number of carbonyl (C=O) groups excluding carboxylic acids is 1. The maximum absolute atomic E-state index is 12.1. The van der Waals surface area contributed by atoms with Gasteiger partial charge in [0.25, 0.3) is 5.91 Å². The third-order valence-electron chi connectivity index (χ3n) is 2.80. The van der Waals surface area contributed by atoms with Crippen LogP contribution in [0.15, 0.2) is 23.1 Å². The highest BCUT2D eigenvalue weighted by molar-refractivity contribution is 7.99. The van der Waals surface area contributed by atoms with Gasteiger partial charge in [0.1, 0.15) is 6.61 Å². The molecule has 0 radical (unpaired) electrons. The number of ether oxygens (including phenoxy) is 2. The highest BCUT2D eigenvalue weighted by Crippen LogP contribution is 2.35. The van der Waals surface area contributed by atoms with Crippen LogP contribution in [0.5, 0.6) is 0 Å². The second kappa shape index (κ2) is 6.79. The Morgan fingerprint density at radius 2 is 2.32 bits per heavy atom. The highest BCUT2D eigenvalue weighted by Gasteiger charge is 2.23. The third kappa shape index (κ3) is 3.62. The van der Waals surface area contributed by atoms with Crippen LogP contribution in [0.1, 0.15) is 0 Å². The van der Waals surface area contributed by atoms with Crippen molar-refractivity contribution in [2.75, 3.05) is 49.9 Å². The molecule has 1 aliphatic heterocycles. The molecular formula is C13H18N2O3S. The molecule has 6 heteroatoms. The third-order valence-corrected chi connectivity index (χ3v) is 3.85. The van der Waals surface area contributed by atoms with Gasteiger partial charge in [-0.25, -0.2) is 0 Å². The zero-order valence-electron chi connectivity index (χ0n) is 10.9. The van der Waals surface area contributed by atoms with Crippen molar-refractivity contribution in [3.05, 3.63) is 18.2 Å². The SMILES string of the molecule is COCCOCC(=O)N1CCSc2ccc(N)cc21. The molecule has 0 aliphatic carbocycles. The van der Waals surface area contributed by atoms with Gasteiger partial charge in [-0.05, 0) is 18.2 Å². The van der Waals surface area contributed by atoms with Crippen molar-refractivity contribution < 1.29 is 14.3 Å². The van der Waals surface area contributed by atoms with E-state index in [1.807, 2.05) is 18.2 Å². The van der Waals surface area contributed by atoms with Gasteiger partial charge < -0.3 is 20.1 Å². The molecule has 0 bridgehead atoms. The summed E-state index contributed by atoms with van der Waals surface area (Å²) in [5.41, 5.74) is 7.34. The number of nitrogen functional groups attached to an aromatic ring is 1. The summed E-state index contributed by atoms with van der Waals surface area (Å²) < 4.78 is 10.2. The van der Waals surface area contributed by atoms with E-state index in [-0.39, 0.29) is 12.5 Å². The van der Waals surface area contributed by atoms with Crippen molar-refractivity contribution in [2.45, 2.75) is 4.90 Å². The molecule has 0 saturated heterocycles. The zero-order valence-corrected chi connectivity index (χ0v) is 11.7. The number of hydrogen-bond acceptors (Lipinski definition) is 5. The highest BCUT2D eigenvalue weighted by atomic mass is 32.2. The molecule has 0 spiro atoms. The minimum atomic E-state index is -0.0387. The minimum absolute atomic E-state index is 0.0387. The maximum atomic E-state index is 12.1. The molecule has 1 heterocycles. The van der Waals surface area contributed by atoms with Crippen LogP contribution in [0, 0.1) is 0 Å². The first-order chi connectivity index (χ1) is 9.22. The Morgan fingerprint density at radius 3 is 3.11 bits per heavy atom. The molecule has 104 valence electrons. The number of methoxy groups -OCH3 is 1. The van der Waals surface area contributed by atoms with Crippen molar-refractivity contribution in [1.82, 2.24) is 0 Å². The Hall–Kier alpha value is -1.24. The molecule has 2 N–H and O–H groups in total. The van der Waals surface area contributed by atoms with Gasteiger partial charge >= 0.3 is 0 Å². The molecule has 1 aromatic carbocycles. The molecular weight excluding hydrogens is 264 g/mol. The molecule has 0 atom stereocenters. The summed E-state index contributed by atoms with van der Waals surface area (Å²) in [6, 6.07) is 5.66. The summed E-state index contributed by atoms with van der Waals surface area (Å²) in [5, 5.41) is 0. The fraction of sp³-hybridized carbons (Fsp3) is 0.462. The first-order valence-corrected chi connectivity index (χ1v) is 7.10. The number of carbonyl (C=O) groups is 1. The molecule has 2 rings (SSSR count). The quantitative estimate of drug-likeness (QED) is 0.653. The standard InChI is InChI=1S/C13H18N2O3S/c1-17-5-6-18-9-13(16)15-4-7-19-12-3-2-10(14)8-11(12)15/h2-3,8H,4-7,9,14H2,1H3. The van der Waals surface area contributed by atoms with E-state index in [1.165, 1.54) is 0 Å². The van der Waals surface area contributed by atoms with Crippen LogP contribution in [-0.2, 0) is 14.3 Å². The van der Waals surface area contributed by atoms with Gasteiger partial charge in [0.15, 0.2) is 0 Å². The minimum Gasteiger partial charge on any atom is -0.399 e. The molecule has 0 fully saturated rings. The maximum Gasteiger partial charge on any atom is 0.253 e. The number of fused-ring (bicyclic) bond motifs is 1. The Bertz CT molecular complexity index is 454. The van der Waals surface area contributed by atoms with Gasteiger partial charge in [-0.15, -0.1) is 11.8 Å². The number of nitrogens with zero attached hydrogens (tertiary/aromatic N) is 1. The Labute approximate surface area is 117 Å². The van der Waals surface area contributed by atoms with E-state index in [0.29, 0.717) is 25.4 Å². The average Bonchev–Trinajstić information content (AvgIpc) is 2.42. The van der Waals surface area contributed by atoms with Gasteiger partial charge in [-0.1, -0.05) is 0 Å². The van der Waals surface area contributed by atoms with Gasteiger partial charge in [0.2, 0.25) is 0 Å². The molecule has 1 aromatic rings. The number of anilines is 2. The van der Waals surface area contributed by atoms with E-state index in [0.717, 1.165) is 16.3 Å². The Balaban J connectivity index is 2.02. The number of rotatable bonds is 5. The second-order valence-electron chi connectivity index (χ2n) is 4.17. The van der Waals surface area contributed by atoms with Crippen molar-refractivity contribution in [3.63, 3.8) is 0 Å². The number of benzene rings is 1. The van der Waals surface area contributed by atoms with E-state index in [1.54, 1.807) is 23.8 Å². The lowest BCUT2D eigenvalue weighted by Gasteiger charge is -2.29. The smallest absolute Gasteiger partial charge is 0.253 e. The average molecular weight is 282 g/mol. The van der Waals surface area contributed by atoms with E-state index in [9.17, 15) is 4.79 Å². The summed E-state index contributed by atoms with van der Waals surface area (Å²) in [4.78, 5) is 15.0. The summed E-state index contributed by atoms with van der Waals surface area (Å²) in [5.74, 6) is 0.851. The lowest BCUT2D eigenvalue weighted by molar-refractivity contribution is -0.123. The van der Waals surface area contributed by atoms with Crippen LogP contribution in [-0.4, -0.2) is 45.1 Å². The Kier molecular flexibility index (Phi) is 5.07. The van der Waals surface area contributed by atoms with Crippen molar-refractivity contribution >= 4 is 29.0 Å². The summed E-state index contributed by atoms with van der Waals surface area (Å²) in [6.07, 6.45) is 0. The first kappa shape index (κ1) is 14.2. The van der Waals surface area contributed by atoms with E-state index in [2.05, 4.69) is 0 Å². The molecule has 1 aliphatic rings. The van der Waals surface area contributed by atoms with Gasteiger partial charge in [0, 0.05) is 30.0 Å². The van der Waals surface area contributed by atoms with Crippen molar-refractivity contribution in [2.24, 2.45) is 0 Å². The normalized spacial score (nSPS) is 14.3. The van der Waals surface area contributed by atoms with Crippen LogP contribution in [0.4, 0.5) is 11.4 Å². The van der Waals surface area contributed by atoms with Crippen LogP contribution >= 0.6 is 11.8 Å². The van der Waals surface area contributed by atoms with E-state index < -0.39 is 0 Å². The topological polar surface area (TPSA) is 64.8 Å². The molecule has 0 saturated carbocycles. The number of nitrogens with two attached hydrogens (primary N) is 1. The number of hydrogen-bond donors (Lipinski definition) is 1. The largest absolute Gasteiger partial charge is 0.399 e. The van der Waals surface area contributed by atoms with Crippen LogP contribution in [0.2, 0.25) is 0 Å². The van der Waals surface area contributed by atoms with Gasteiger partial charge in [-0.2, -0.15) is 0 Å². The molecule has 1 amide bonds. The van der Waals surface area contributed by atoms with E-state index in [4.69, 9.17) is 15.2 Å². The van der Waals surface area contributed by atoms with Gasteiger partial charge in [-0.3, -0.25) is 4.79 Å². The fourth-order valence-corrected chi connectivity index (χ4v) is 2.85. The van der Waals surface area contributed by atoms with Crippen molar-refractivity contribution in [3.8, 4) is 0 Å². The lowest BCUT2D eigenvalue weighted by atomic mass is 10.2. The predicted octanol–water partition coefficient (Wildman–Crippen LogP) is 1.37. The van der Waals surface area contributed by atoms with Gasteiger partial charge in [0.05, 0.1) is 18.9 Å². The monoisotopic (exact) mass is 282 g/mol. The number of amides is 1. The summed E-state index contributed by atoms with van der Waals surface area (Å²) in [6.45, 7) is 1.68. The van der Waals surface area contributed by atoms with Crippen LogP contribution in [0.3, 0.4) is 0 Å². The second-order valence-corrected chi connectivity index (χ2v) is 5.30. The predicted molar refractivity (Wildman–Crippen MR) is 76.6 cm³/mol. The van der Waals surface area contributed by atoms with Crippen molar-refractivity contribution in [1.29, 1.82) is 0 Å². The molecule has 0 unspecified atom stereocenters. The zero-order chi connectivity index (χ0) is 13.7. The molecule has 5 nitrogen and oxygen atoms in total.